The minimum Gasteiger partial charge on any atom is -0.467 e. The number of rotatable bonds is 4. The van der Waals surface area contributed by atoms with E-state index in [0.717, 1.165) is 5.56 Å². The number of esters is 1. The number of hydrogen-bond acceptors (Lipinski definition) is 6. The van der Waals surface area contributed by atoms with Crippen LogP contribution >= 0.6 is 0 Å². The Labute approximate surface area is 142 Å². The molecule has 6 heteroatoms. The standard InChI is InChI=1S/C18H25NO5/c1-12(13-8-6-5-7-9-13)19-14(10-15(24-19)17(20)21-4)16-11-22-18(2,3)23-16/h5-9,12,14-16H,10-11H2,1-4H3/t12-,14-,15+,16+/m0/s1. The molecule has 0 radical (unpaired) electrons. The molecule has 0 spiro atoms. The Kier molecular flexibility index (Phi) is 4.92. The van der Waals surface area contributed by atoms with Crippen molar-refractivity contribution in [3.8, 4) is 0 Å². The summed E-state index contributed by atoms with van der Waals surface area (Å²) in [5.74, 6) is -0.976. The topological polar surface area (TPSA) is 57.2 Å². The van der Waals surface area contributed by atoms with Crippen LogP contribution in [0.5, 0.6) is 0 Å². The van der Waals surface area contributed by atoms with Crippen molar-refractivity contribution >= 4 is 5.97 Å². The average molecular weight is 335 g/mol. The zero-order chi connectivity index (χ0) is 17.3. The summed E-state index contributed by atoms with van der Waals surface area (Å²) >= 11 is 0. The van der Waals surface area contributed by atoms with Gasteiger partial charge in [0.1, 0.15) is 6.10 Å². The summed E-state index contributed by atoms with van der Waals surface area (Å²) in [6.07, 6.45) is -0.243. The van der Waals surface area contributed by atoms with Crippen LogP contribution in [0, 0.1) is 0 Å². The highest BCUT2D eigenvalue weighted by molar-refractivity contribution is 5.74. The van der Waals surface area contributed by atoms with Crippen LogP contribution in [0.1, 0.15) is 38.8 Å². The predicted molar refractivity (Wildman–Crippen MR) is 86.9 cm³/mol. The number of carbonyl (C=O) groups is 1. The van der Waals surface area contributed by atoms with Gasteiger partial charge in [-0.05, 0) is 26.3 Å². The Morgan fingerprint density at radius 3 is 2.62 bits per heavy atom. The van der Waals surface area contributed by atoms with Crippen molar-refractivity contribution in [1.29, 1.82) is 0 Å². The summed E-state index contributed by atoms with van der Waals surface area (Å²) in [5, 5.41) is 1.87. The molecular weight excluding hydrogens is 310 g/mol. The Morgan fingerprint density at radius 1 is 1.33 bits per heavy atom. The van der Waals surface area contributed by atoms with Gasteiger partial charge < -0.3 is 14.2 Å². The van der Waals surface area contributed by atoms with Crippen LogP contribution in [0.2, 0.25) is 0 Å². The maximum atomic E-state index is 12.0. The lowest BCUT2D eigenvalue weighted by atomic mass is 10.0. The number of nitrogens with zero attached hydrogens (tertiary/aromatic N) is 1. The molecular formula is C18H25NO5. The van der Waals surface area contributed by atoms with Crippen LogP contribution < -0.4 is 0 Å². The molecule has 0 N–H and O–H groups in total. The van der Waals surface area contributed by atoms with Crippen molar-refractivity contribution < 1.29 is 23.8 Å². The summed E-state index contributed by atoms with van der Waals surface area (Å²) in [6, 6.07) is 9.97. The van der Waals surface area contributed by atoms with Crippen LogP contribution in [0.4, 0.5) is 0 Å². The lowest BCUT2D eigenvalue weighted by Gasteiger charge is -2.32. The quantitative estimate of drug-likeness (QED) is 0.788. The van der Waals surface area contributed by atoms with Gasteiger partial charge in [-0.1, -0.05) is 30.3 Å². The summed E-state index contributed by atoms with van der Waals surface area (Å²) in [7, 11) is 1.38. The molecule has 0 amide bonds. The first-order valence-electron chi connectivity index (χ1n) is 8.31. The lowest BCUT2D eigenvalue weighted by molar-refractivity contribution is -0.216. The molecule has 0 saturated carbocycles. The summed E-state index contributed by atoms with van der Waals surface area (Å²) in [5.41, 5.74) is 1.12. The maximum absolute atomic E-state index is 12.0. The minimum atomic E-state index is -0.615. The van der Waals surface area contributed by atoms with Gasteiger partial charge in [-0.15, -0.1) is 0 Å². The second kappa shape index (κ2) is 6.80. The first-order valence-corrected chi connectivity index (χ1v) is 8.31. The predicted octanol–water partition coefficient (Wildman–Crippen LogP) is 2.45. The third-order valence-electron chi connectivity index (χ3n) is 4.62. The highest BCUT2D eigenvalue weighted by Crippen LogP contribution is 2.37. The van der Waals surface area contributed by atoms with E-state index < -0.39 is 11.9 Å². The minimum absolute atomic E-state index is 0.0156. The third-order valence-corrected chi connectivity index (χ3v) is 4.62. The second-order valence-corrected chi connectivity index (χ2v) is 6.73. The van der Waals surface area contributed by atoms with Crippen molar-refractivity contribution in [2.45, 2.75) is 57.3 Å². The normalized spacial score (nSPS) is 31.1. The first-order chi connectivity index (χ1) is 11.4. The van der Waals surface area contributed by atoms with Crippen LogP contribution in [-0.4, -0.2) is 48.8 Å². The fourth-order valence-electron chi connectivity index (χ4n) is 3.34. The maximum Gasteiger partial charge on any atom is 0.337 e. The average Bonchev–Trinajstić information content (AvgIpc) is 3.17. The number of carbonyl (C=O) groups excluding carboxylic acids is 1. The van der Waals surface area contributed by atoms with Gasteiger partial charge in [-0.2, -0.15) is 5.06 Å². The van der Waals surface area contributed by atoms with E-state index in [1.165, 1.54) is 7.11 Å². The molecule has 3 rings (SSSR count). The highest BCUT2D eigenvalue weighted by atomic mass is 16.8. The van der Waals surface area contributed by atoms with Gasteiger partial charge in [0, 0.05) is 6.42 Å². The van der Waals surface area contributed by atoms with Crippen LogP contribution in [0.25, 0.3) is 0 Å². The monoisotopic (exact) mass is 335 g/mol. The largest absolute Gasteiger partial charge is 0.467 e. The summed E-state index contributed by atoms with van der Waals surface area (Å²) in [6.45, 7) is 6.33. The van der Waals surface area contributed by atoms with Crippen LogP contribution in [0.15, 0.2) is 30.3 Å². The lowest BCUT2D eigenvalue weighted by Crippen LogP contribution is -2.41. The van der Waals surface area contributed by atoms with Gasteiger partial charge in [0.25, 0.3) is 0 Å². The van der Waals surface area contributed by atoms with Gasteiger partial charge >= 0.3 is 5.97 Å². The Hall–Kier alpha value is -1.47. The zero-order valence-electron chi connectivity index (χ0n) is 14.6. The van der Waals surface area contributed by atoms with Crippen LogP contribution in [0.3, 0.4) is 0 Å². The van der Waals surface area contributed by atoms with Crippen molar-refractivity contribution in [2.75, 3.05) is 13.7 Å². The Balaban J connectivity index is 1.82. The molecule has 0 bridgehead atoms. The highest BCUT2D eigenvalue weighted by Gasteiger charge is 2.48. The van der Waals surface area contributed by atoms with Crippen molar-refractivity contribution in [3.63, 3.8) is 0 Å². The van der Waals surface area contributed by atoms with E-state index in [9.17, 15) is 4.79 Å². The van der Waals surface area contributed by atoms with Gasteiger partial charge in [0.15, 0.2) is 11.9 Å². The second-order valence-electron chi connectivity index (χ2n) is 6.73. The van der Waals surface area contributed by atoms with Gasteiger partial charge in [0.2, 0.25) is 0 Å². The van der Waals surface area contributed by atoms with Crippen molar-refractivity contribution in [3.05, 3.63) is 35.9 Å². The fraction of sp³-hybridized carbons (Fsp3) is 0.611. The van der Waals surface area contributed by atoms with Gasteiger partial charge in [-0.25, -0.2) is 4.79 Å². The molecule has 4 atom stereocenters. The van der Waals surface area contributed by atoms with Gasteiger partial charge in [-0.3, -0.25) is 4.84 Å². The van der Waals surface area contributed by atoms with E-state index in [1.807, 2.05) is 49.2 Å². The molecule has 0 aromatic heterocycles. The number of benzene rings is 1. The van der Waals surface area contributed by atoms with E-state index in [4.69, 9.17) is 19.0 Å². The third kappa shape index (κ3) is 3.47. The van der Waals surface area contributed by atoms with E-state index in [0.29, 0.717) is 13.0 Å². The number of ether oxygens (including phenoxy) is 3. The first kappa shape index (κ1) is 17.4. The number of hydroxylamine groups is 2. The fourth-order valence-corrected chi connectivity index (χ4v) is 3.34. The van der Waals surface area contributed by atoms with E-state index in [2.05, 4.69) is 6.92 Å². The SMILES string of the molecule is COC(=O)[C@H]1C[C@@H]([C@H]2COC(C)(C)O2)N([C@@H](C)c2ccccc2)O1. The Bertz CT molecular complexity index is 576. The molecule has 0 aliphatic carbocycles. The van der Waals surface area contributed by atoms with E-state index >= 15 is 0 Å². The molecule has 2 fully saturated rings. The number of hydrogen-bond donors (Lipinski definition) is 0. The molecule has 2 aliphatic rings. The molecule has 6 nitrogen and oxygen atoms in total. The summed E-state index contributed by atoms with van der Waals surface area (Å²) in [4.78, 5) is 17.9. The van der Waals surface area contributed by atoms with Crippen LogP contribution in [-0.2, 0) is 23.8 Å². The van der Waals surface area contributed by atoms with Crippen molar-refractivity contribution in [2.24, 2.45) is 0 Å². The molecule has 2 saturated heterocycles. The molecule has 2 aliphatic heterocycles. The molecule has 24 heavy (non-hydrogen) atoms. The number of methoxy groups -OCH3 is 1. The van der Waals surface area contributed by atoms with E-state index in [1.54, 1.807) is 0 Å². The molecule has 0 unspecified atom stereocenters. The molecule has 1 aromatic carbocycles. The zero-order valence-corrected chi connectivity index (χ0v) is 14.6. The van der Waals surface area contributed by atoms with Crippen molar-refractivity contribution in [1.82, 2.24) is 5.06 Å². The Morgan fingerprint density at radius 2 is 2.04 bits per heavy atom. The molecule has 1 aromatic rings. The smallest absolute Gasteiger partial charge is 0.337 e. The van der Waals surface area contributed by atoms with E-state index in [-0.39, 0.29) is 24.2 Å². The molecule has 2 heterocycles. The summed E-state index contributed by atoms with van der Waals surface area (Å²) < 4.78 is 16.6. The molecule has 132 valence electrons. The van der Waals surface area contributed by atoms with Gasteiger partial charge in [0.05, 0.1) is 25.8 Å².